The highest BCUT2D eigenvalue weighted by molar-refractivity contribution is 5.93. The fourth-order valence-corrected chi connectivity index (χ4v) is 3.36. The molecule has 1 fully saturated rings. The van der Waals surface area contributed by atoms with Crippen molar-refractivity contribution in [1.29, 1.82) is 0 Å². The third kappa shape index (κ3) is 5.23. The second-order valence-corrected chi connectivity index (χ2v) is 6.70. The van der Waals surface area contributed by atoms with Crippen LogP contribution in [0.15, 0.2) is 36.7 Å². The minimum atomic E-state index is -0.252. The van der Waals surface area contributed by atoms with E-state index in [0.29, 0.717) is 18.1 Å². The van der Waals surface area contributed by atoms with Gasteiger partial charge in [-0.1, -0.05) is 18.6 Å². The van der Waals surface area contributed by atoms with E-state index in [2.05, 4.69) is 25.5 Å². The average Bonchev–Trinajstić information content (AvgIpc) is 2.71. The third-order valence-corrected chi connectivity index (χ3v) is 4.79. The van der Waals surface area contributed by atoms with Crippen LogP contribution in [0.2, 0.25) is 0 Å². The molecule has 0 unspecified atom stereocenters. The van der Waals surface area contributed by atoms with Gasteiger partial charge in [-0.05, 0) is 50.6 Å². The summed E-state index contributed by atoms with van der Waals surface area (Å²) in [6, 6.07) is 6.57. The maximum Gasteiger partial charge on any atom is 0.254 e. The molecular formula is C20H26FN5O. The van der Waals surface area contributed by atoms with Gasteiger partial charge < -0.3 is 10.6 Å². The van der Waals surface area contributed by atoms with Gasteiger partial charge >= 0.3 is 0 Å². The summed E-state index contributed by atoms with van der Waals surface area (Å²) in [5.41, 5.74) is 1.44. The van der Waals surface area contributed by atoms with Gasteiger partial charge in [0.15, 0.2) is 0 Å². The number of rotatable bonds is 7. The number of piperidine rings is 1. The zero-order chi connectivity index (χ0) is 19.1. The Hall–Kier alpha value is -2.54. The smallest absolute Gasteiger partial charge is 0.254 e. The standard InChI is InChI=1S/C20H26FN5O/c1-2-22-20-24-12-16(13-25-20)19(27)23-14-18(26-10-4-3-5-11-26)15-6-8-17(21)9-7-15/h6-9,12-13,18H,2-5,10-11,14H2,1H3,(H,23,27)(H,22,24,25)/t18-/m0/s1. The molecule has 1 aromatic heterocycles. The van der Waals surface area contributed by atoms with Crippen molar-refractivity contribution < 1.29 is 9.18 Å². The molecule has 27 heavy (non-hydrogen) atoms. The maximum absolute atomic E-state index is 13.3. The van der Waals surface area contributed by atoms with Crippen LogP contribution in [0.5, 0.6) is 0 Å². The first kappa shape index (κ1) is 19.2. The summed E-state index contributed by atoms with van der Waals surface area (Å²) < 4.78 is 13.3. The van der Waals surface area contributed by atoms with Gasteiger partial charge in [0.1, 0.15) is 5.82 Å². The predicted molar refractivity (Wildman–Crippen MR) is 103 cm³/mol. The first-order valence-electron chi connectivity index (χ1n) is 9.51. The number of likely N-dealkylation sites (tertiary alicyclic amines) is 1. The first-order chi connectivity index (χ1) is 13.2. The molecule has 1 aliphatic rings. The molecule has 1 aliphatic heterocycles. The molecule has 0 radical (unpaired) electrons. The Morgan fingerprint density at radius 2 is 1.81 bits per heavy atom. The van der Waals surface area contributed by atoms with Crippen molar-refractivity contribution in [2.24, 2.45) is 0 Å². The van der Waals surface area contributed by atoms with E-state index in [1.807, 2.05) is 6.92 Å². The van der Waals surface area contributed by atoms with E-state index in [1.165, 1.54) is 30.9 Å². The lowest BCUT2D eigenvalue weighted by Gasteiger charge is -2.35. The van der Waals surface area contributed by atoms with E-state index in [9.17, 15) is 9.18 Å². The lowest BCUT2D eigenvalue weighted by molar-refractivity contribution is 0.0923. The minimum absolute atomic E-state index is 0.0248. The van der Waals surface area contributed by atoms with Gasteiger partial charge in [-0.25, -0.2) is 14.4 Å². The average molecular weight is 371 g/mol. The van der Waals surface area contributed by atoms with Crippen LogP contribution in [0.4, 0.5) is 10.3 Å². The number of hydrogen-bond acceptors (Lipinski definition) is 5. The number of halogens is 1. The number of carbonyl (C=O) groups excluding carboxylic acids is 1. The molecule has 0 aliphatic carbocycles. The SMILES string of the molecule is CCNc1ncc(C(=O)NC[C@@H](c2ccc(F)cc2)N2CCCCC2)cn1. The van der Waals surface area contributed by atoms with Gasteiger partial charge in [0, 0.05) is 25.5 Å². The summed E-state index contributed by atoms with van der Waals surface area (Å²) >= 11 is 0. The van der Waals surface area contributed by atoms with Crippen LogP contribution in [0.25, 0.3) is 0 Å². The van der Waals surface area contributed by atoms with Gasteiger partial charge in [-0.2, -0.15) is 0 Å². The highest BCUT2D eigenvalue weighted by Gasteiger charge is 2.23. The van der Waals surface area contributed by atoms with Crippen molar-refractivity contribution in [1.82, 2.24) is 20.2 Å². The molecule has 1 aromatic carbocycles. The zero-order valence-electron chi connectivity index (χ0n) is 15.6. The zero-order valence-corrected chi connectivity index (χ0v) is 15.6. The summed E-state index contributed by atoms with van der Waals surface area (Å²) in [5.74, 6) is 0.0480. The Morgan fingerprint density at radius 1 is 1.15 bits per heavy atom. The predicted octanol–water partition coefficient (Wildman–Crippen LogP) is 3.00. The highest BCUT2D eigenvalue weighted by Crippen LogP contribution is 2.24. The molecule has 144 valence electrons. The number of nitrogens with zero attached hydrogens (tertiary/aromatic N) is 3. The fourth-order valence-electron chi connectivity index (χ4n) is 3.36. The molecule has 0 spiro atoms. The van der Waals surface area contributed by atoms with Crippen molar-refractivity contribution >= 4 is 11.9 Å². The topological polar surface area (TPSA) is 70.2 Å². The lowest BCUT2D eigenvalue weighted by atomic mass is 10.0. The van der Waals surface area contributed by atoms with Gasteiger partial charge in [0.05, 0.1) is 11.6 Å². The Bertz CT molecular complexity index is 729. The number of anilines is 1. The summed E-state index contributed by atoms with van der Waals surface area (Å²) in [6.07, 6.45) is 6.56. The van der Waals surface area contributed by atoms with Crippen LogP contribution in [0, 0.1) is 5.82 Å². The van der Waals surface area contributed by atoms with Crippen molar-refractivity contribution in [3.8, 4) is 0 Å². The van der Waals surface area contributed by atoms with Crippen molar-refractivity contribution in [3.05, 3.63) is 53.6 Å². The van der Waals surface area contributed by atoms with Crippen LogP contribution in [0.3, 0.4) is 0 Å². The largest absolute Gasteiger partial charge is 0.355 e. The van der Waals surface area contributed by atoms with E-state index in [-0.39, 0.29) is 17.8 Å². The first-order valence-corrected chi connectivity index (χ1v) is 9.51. The molecule has 0 bridgehead atoms. The van der Waals surface area contributed by atoms with E-state index in [0.717, 1.165) is 38.0 Å². The number of nitrogens with one attached hydrogen (secondary N) is 2. The molecule has 6 nitrogen and oxygen atoms in total. The number of benzene rings is 1. The van der Waals surface area contributed by atoms with Crippen molar-refractivity contribution in [2.45, 2.75) is 32.2 Å². The van der Waals surface area contributed by atoms with E-state index in [4.69, 9.17) is 0 Å². The van der Waals surface area contributed by atoms with Gasteiger partial charge in [0.2, 0.25) is 5.95 Å². The van der Waals surface area contributed by atoms with Crippen molar-refractivity contribution in [3.63, 3.8) is 0 Å². The number of amides is 1. The minimum Gasteiger partial charge on any atom is -0.355 e. The molecule has 2 heterocycles. The van der Waals surface area contributed by atoms with Crippen LogP contribution in [-0.4, -0.2) is 47.0 Å². The second-order valence-electron chi connectivity index (χ2n) is 6.70. The molecule has 1 amide bonds. The van der Waals surface area contributed by atoms with Crippen LogP contribution >= 0.6 is 0 Å². The quantitative estimate of drug-likeness (QED) is 0.783. The summed E-state index contributed by atoms with van der Waals surface area (Å²) in [5, 5.41) is 5.99. The van der Waals surface area contributed by atoms with E-state index in [1.54, 1.807) is 12.1 Å². The van der Waals surface area contributed by atoms with Gasteiger partial charge in [-0.15, -0.1) is 0 Å². The number of carbonyl (C=O) groups is 1. The molecule has 3 rings (SSSR count). The summed E-state index contributed by atoms with van der Waals surface area (Å²) in [4.78, 5) is 23.1. The Balaban J connectivity index is 1.67. The molecule has 1 atom stereocenters. The maximum atomic E-state index is 13.3. The van der Waals surface area contributed by atoms with Crippen molar-refractivity contribution in [2.75, 3.05) is 31.5 Å². The number of hydrogen-bond donors (Lipinski definition) is 2. The number of aromatic nitrogens is 2. The fraction of sp³-hybridized carbons (Fsp3) is 0.450. The van der Waals surface area contributed by atoms with Gasteiger partial charge in [-0.3, -0.25) is 9.69 Å². The second kappa shape index (κ2) is 9.41. The Labute approximate surface area is 159 Å². The normalized spacial score (nSPS) is 15.9. The molecule has 2 N–H and O–H groups in total. The van der Waals surface area contributed by atoms with Crippen LogP contribution < -0.4 is 10.6 Å². The molecular weight excluding hydrogens is 345 g/mol. The Kier molecular flexibility index (Phi) is 6.70. The molecule has 7 heteroatoms. The summed E-state index contributed by atoms with van der Waals surface area (Å²) in [7, 11) is 0. The van der Waals surface area contributed by atoms with Crippen LogP contribution in [-0.2, 0) is 0 Å². The Morgan fingerprint density at radius 3 is 2.44 bits per heavy atom. The monoisotopic (exact) mass is 371 g/mol. The molecule has 2 aromatic rings. The molecule has 0 saturated carbocycles. The lowest BCUT2D eigenvalue weighted by Crippen LogP contribution is -2.40. The highest BCUT2D eigenvalue weighted by atomic mass is 19.1. The third-order valence-electron chi connectivity index (χ3n) is 4.79. The summed E-state index contributed by atoms with van der Waals surface area (Å²) in [6.45, 7) is 5.11. The van der Waals surface area contributed by atoms with Gasteiger partial charge in [0.25, 0.3) is 5.91 Å². The van der Waals surface area contributed by atoms with E-state index < -0.39 is 0 Å². The molecule has 1 saturated heterocycles. The van der Waals surface area contributed by atoms with E-state index >= 15 is 0 Å². The van der Waals surface area contributed by atoms with Crippen LogP contribution in [0.1, 0.15) is 48.1 Å².